The molecule has 1 atom stereocenters. The van der Waals surface area contributed by atoms with E-state index in [1.165, 1.54) is 24.8 Å². The van der Waals surface area contributed by atoms with E-state index < -0.39 is 0 Å². The van der Waals surface area contributed by atoms with Crippen molar-refractivity contribution < 1.29 is 0 Å². The fourth-order valence-electron chi connectivity index (χ4n) is 2.07. The Bertz CT molecular complexity index is 340. The molecule has 1 unspecified atom stereocenters. The van der Waals surface area contributed by atoms with Gasteiger partial charge in [-0.2, -0.15) is 0 Å². The van der Waals surface area contributed by atoms with Gasteiger partial charge in [-0.1, -0.05) is 30.7 Å². The van der Waals surface area contributed by atoms with Crippen LogP contribution in [0.15, 0.2) is 24.3 Å². The van der Waals surface area contributed by atoms with Crippen molar-refractivity contribution in [1.29, 1.82) is 0 Å². The highest BCUT2D eigenvalue weighted by molar-refractivity contribution is 6.30. The Kier molecular flexibility index (Phi) is 3.56. The third-order valence-corrected chi connectivity index (χ3v) is 4.11. The summed E-state index contributed by atoms with van der Waals surface area (Å²) in [6.07, 6.45) is 4.08. The van der Waals surface area contributed by atoms with Crippen LogP contribution in [0.5, 0.6) is 0 Å². The third kappa shape index (κ3) is 2.78. The maximum absolute atomic E-state index is 5.88. The van der Waals surface area contributed by atoms with E-state index in [9.17, 15) is 0 Å². The molecule has 0 heterocycles. The van der Waals surface area contributed by atoms with Crippen LogP contribution < -0.4 is 5.32 Å². The number of benzene rings is 1. The topological polar surface area (TPSA) is 12.0 Å². The number of hydrogen-bond donors (Lipinski definition) is 1. The zero-order valence-electron chi connectivity index (χ0n) is 10.1. The van der Waals surface area contributed by atoms with E-state index in [4.69, 9.17) is 11.6 Å². The minimum atomic E-state index is 0.418. The van der Waals surface area contributed by atoms with E-state index in [-0.39, 0.29) is 0 Å². The predicted molar refractivity (Wildman–Crippen MR) is 69.8 cm³/mol. The lowest BCUT2D eigenvalue weighted by Gasteiger charge is -2.19. The van der Waals surface area contributed by atoms with Crippen LogP contribution in [0, 0.1) is 5.41 Å². The van der Waals surface area contributed by atoms with E-state index in [1.54, 1.807) is 0 Å². The van der Waals surface area contributed by atoms with Gasteiger partial charge in [0.2, 0.25) is 0 Å². The van der Waals surface area contributed by atoms with E-state index in [0.29, 0.717) is 11.5 Å². The maximum Gasteiger partial charge on any atom is 0.0406 e. The Morgan fingerprint density at radius 1 is 1.31 bits per heavy atom. The van der Waals surface area contributed by atoms with Gasteiger partial charge in [-0.3, -0.25) is 0 Å². The summed E-state index contributed by atoms with van der Waals surface area (Å²) in [4.78, 5) is 0. The van der Waals surface area contributed by atoms with Gasteiger partial charge in [0, 0.05) is 17.6 Å². The molecule has 1 fully saturated rings. The minimum absolute atomic E-state index is 0.418. The average Bonchev–Trinajstić information content (AvgIpc) is 3.08. The van der Waals surface area contributed by atoms with Gasteiger partial charge < -0.3 is 5.32 Å². The first-order valence-electron chi connectivity index (χ1n) is 6.14. The Hall–Kier alpha value is -0.530. The molecule has 0 bridgehead atoms. The van der Waals surface area contributed by atoms with E-state index in [2.05, 4.69) is 31.3 Å². The van der Waals surface area contributed by atoms with Crippen molar-refractivity contribution in [1.82, 2.24) is 5.32 Å². The molecule has 1 N–H and O–H groups in total. The monoisotopic (exact) mass is 237 g/mol. The van der Waals surface area contributed by atoms with Crippen LogP contribution in [-0.4, -0.2) is 6.54 Å². The molecule has 2 heteroatoms. The van der Waals surface area contributed by atoms with Crippen molar-refractivity contribution in [2.75, 3.05) is 6.54 Å². The van der Waals surface area contributed by atoms with Crippen LogP contribution in [0.4, 0.5) is 0 Å². The van der Waals surface area contributed by atoms with Crippen LogP contribution in [0.2, 0.25) is 5.02 Å². The van der Waals surface area contributed by atoms with E-state index in [1.807, 2.05) is 12.1 Å². The number of halogens is 1. The lowest BCUT2D eigenvalue weighted by Crippen LogP contribution is -2.26. The fourth-order valence-corrected chi connectivity index (χ4v) is 2.20. The van der Waals surface area contributed by atoms with Gasteiger partial charge in [0.15, 0.2) is 0 Å². The fraction of sp³-hybridized carbons (Fsp3) is 0.571. The Morgan fingerprint density at radius 3 is 2.44 bits per heavy atom. The molecule has 16 heavy (non-hydrogen) atoms. The second-order valence-corrected chi connectivity index (χ2v) is 5.44. The van der Waals surface area contributed by atoms with E-state index >= 15 is 0 Å². The maximum atomic E-state index is 5.88. The van der Waals surface area contributed by atoms with Crippen LogP contribution in [0.1, 0.15) is 44.7 Å². The Morgan fingerprint density at radius 2 is 1.94 bits per heavy atom. The number of hydrogen-bond acceptors (Lipinski definition) is 1. The van der Waals surface area contributed by atoms with Gasteiger partial charge in [-0.05, 0) is 49.3 Å². The first kappa shape index (κ1) is 11.9. The molecule has 0 radical (unpaired) electrons. The van der Waals surface area contributed by atoms with Crippen molar-refractivity contribution in [2.24, 2.45) is 5.41 Å². The molecule has 2 rings (SSSR count). The van der Waals surface area contributed by atoms with Crippen molar-refractivity contribution in [2.45, 2.75) is 39.2 Å². The molecule has 0 aromatic heterocycles. The minimum Gasteiger partial charge on any atom is -0.310 e. The SMILES string of the molecule is CCC1(CNC(C)c2ccc(Cl)cc2)CC1. The smallest absolute Gasteiger partial charge is 0.0406 e. The van der Waals surface area contributed by atoms with Gasteiger partial charge >= 0.3 is 0 Å². The van der Waals surface area contributed by atoms with Gasteiger partial charge in [-0.25, -0.2) is 0 Å². The molecular weight excluding hydrogens is 218 g/mol. The van der Waals surface area contributed by atoms with Crippen molar-refractivity contribution in [3.63, 3.8) is 0 Å². The van der Waals surface area contributed by atoms with Gasteiger partial charge in [0.1, 0.15) is 0 Å². The molecule has 1 aliphatic rings. The first-order chi connectivity index (χ1) is 7.65. The van der Waals surface area contributed by atoms with Crippen molar-refractivity contribution >= 4 is 11.6 Å². The summed E-state index contributed by atoms with van der Waals surface area (Å²) in [6.45, 7) is 5.66. The van der Waals surface area contributed by atoms with Gasteiger partial charge in [0.25, 0.3) is 0 Å². The second kappa shape index (κ2) is 4.77. The second-order valence-electron chi connectivity index (χ2n) is 5.01. The van der Waals surface area contributed by atoms with Gasteiger partial charge in [0.05, 0.1) is 0 Å². The Labute approximate surface area is 103 Å². The highest BCUT2D eigenvalue weighted by Gasteiger charge is 2.40. The third-order valence-electron chi connectivity index (χ3n) is 3.86. The van der Waals surface area contributed by atoms with Crippen LogP contribution >= 0.6 is 11.6 Å². The Balaban J connectivity index is 1.88. The summed E-state index contributed by atoms with van der Waals surface area (Å²) in [5.74, 6) is 0. The number of nitrogens with one attached hydrogen (secondary N) is 1. The molecule has 0 aliphatic heterocycles. The molecule has 88 valence electrons. The van der Waals surface area contributed by atoms with Gasteiger partial charge in [-0.15, -0.1) is 0 Å². The molecule has 1 aromatic rings. The summed E-state index contributed by atoms with van der Waals surface area (Å²) in [5, 5.41) is 4.44. The molecule has 1 aliphatic carbocycles. The van der Waals surface area contributed by atoms with E-state index in [0.717, 1.165) is 11.6 Å². The summed E-state index contributed by atoms with van der Waals surface area (Å²) < 4.78 is 0. The predicted octanol–water partition coefficient (Wildman–Crippen LogP) is 4.18. The zero-order valence-corrected chi connectivity index (χ0v) is 10.8. The standard InChI is InChI=1S/C14H20ClN/c1-3-14(8-9-14)10-16-11(2)12-4-6-13(15)7-5-12/h4-7,11,16H,3,8-10H2,1-2H3. The number of rotatable bonds is 5. The summed E-state index contributed by atoms with van der Waals surface area (Å²) >= 11 is 5.88. The van der Waals surface area contributed by atoms with Crippen molar-refractivity contribution in [3.8, 4) is 0 Å². The lowest BCUT2D eigenvalue weighted by molar-refractivity contribution is 0.415. The molecule has 1 saturated carbocycles. The molecule has 0 saturated heterocycles. The summed E-state index contributed by atoms with van der Waals surface area (Å²) in [7, 11) is 0. The van der Waals surface area contributed by atoms with Crippen LogP contribution in [0.25, 0.3) is 0 Å². The normalized spacial score (nSPS) is 19.4. The largest absolute Gasteiger partial charge is 0.310 e. The molecule has 1 aromatic carbocycles. The lowest BCUT2D eigenvalue weighted by atomic mass is 10.0. The summed E-state index contributed by atoms with van der Waals surface area (Å²) in [6, 6.07) is 8.54. The average molecular weight is 238 g/mol. The highest BCUT2D eigenvalue weighted by atomic mass is 35.5. The quantitative estimate of drug-likeness (QED) is 0.810. The molecule has 0 amide bonds. The first-order valence-corrected chi connectivity index (χ1v) is 6.52. The zero-order chi connectivity index (χ0) is 11.6. The molecule has 0 spiro atoms. The summed E-state index contributed by atoms with van der Waals surface area (Å²) in [5.41, 5.74) is 1.93. The van der Waals surface area contributed by atoms with Crippen molar-refractivity contribution in [3.05, 3.63) is 34.9 Å². The molecular formula is C14H20ClN. The van der Waals surface area contributed by atoms with Crippen LogP contribution in [-0.2, 0) is 0 Å². The molecule has 1 nitrogen and oxygen atoms in total. The highest BCUT2D eigenvalue weighted by Crippen LogP contribution is 2.48. The van der Waals surface area contributed by atoms with Crippen LogP contribution in [0.3, 0.4) is 0 Å².